The van der Waals surface area contributed by atoms with Crippen LogP contribution in [0.1, 0.15) is 36.1 Å². The van der Waals surface area contributed by atoms with E-state index in [1.807, 2.05) is 43.3 Å². The highest BCUT2D eigenvalue weighted by atomic mass is 32.2. The number of ether oxygens (including phenoxy) is 1. The SMILES string of the molecule is C[C@@H](NC(=O)CN(c1ccc(Oc2ccccc2)cc1)S(C)(=O)=O)c1ccc2c(c1)CCC2. The topological polar surface area (TPSA) is 75.7 Å². The molecule has 4 rings (SSSR count). The maximum atomic E-state index is 12.8. The summed E-state index contributed by atoms with van der Waals surface area (Å²) in [7, 11) is -3.66. The molecule has 7 heteroatoms. The summed E-state index contributed by atoms with van der Waals surface area (Å²) in [5.74, 6) is 0.899. The van der Waals surface area contributed by atoms with Crippen LogP contribution in [-0.4, -0.2) is 27.1 Å². The molecule has 1 atom stereocenters. The van der Waals surface area contributed by atoms with Gasteiger partial charge in [0.05, 0.1) is 18.0 Å². The molecule has 33 heavy (non-hydrogen) atoms. The van der Waals surface area contributed by atoms with Crippen LogP contribution in [0.3, 0.4) is 0 Å². The van der Waals surface area contributed by atoms with E-state index in [-0.39, 0.29) is 18.5 Å². The number of sulfonamides is 1. The molecule has 3 aromatic carbocycles. The third-order valence-electron chi connectivity index (χ3n) is 5.79. The summed E-state index contributed by atoms with van der Waals surface area (Å²) in [6, 6.07) is 22.1. The summed E-state index contributed by atoms with van der Waals surface area (Å²) in [4.78, 5) is 12.8. The van der Waals surface area contributed by atoms with E-state index >= 15 is 0 Å². The third-order valence-corrected chi connectivity index (χ3v) is 6.93. The first kappa shape index (κ1) is 22.9. The number of aryl methyl sites for hydroxylation is 2. The molecule has 0 bridgehead atoms. The van der Waals surface area contributed by atoms with E-state index in [1.54, 1.807) is 24.3 Å². The van der Waals surface area contributed by atoms with Gasteiger partial charge in [-0.05, 0) is 79.3 Å². The lowest BCUT2D eigenvalue weighted by molar-refractivity contribution is -0.120. The van der Waals surface area contributed by atoms with Crippen LogP contribution in [0, 0.1) is 0 Å². The molecule has 1 aliphatic carbocycles. The first-order valence-corrected chi connectivity index (χ1v) is 12.9. The highest BCUT2D eigenvalue weighted by Crippen LogP contribution is 2.27. The van der Waals surface area contributed by atoms with Crippen LogP contribution in [0.15, 0.2) is 72.8 Å². The summed E-state index contributed by atoms with van der Waals surface area (Å²) in [5.41, 5.74) is 4.14. The lowest BCUT2D eigenvalue weighted by Crippen LogP contribution is -2.41. The summed E-state index contributed by atoms with van der Waals surface area (Å²) < 4.78 is 31.8. The van der Waals surface area contributed by atoms with Crippen molar-refractivity contribution in [3.63, 3.8) is 0 Å². The molecular formula is C26H28N2O4S. The van der Waals surface area contributed by atoms with Crippen molar-refractivity contribution in [2.75, 3.05) is 17.1 Å². The van der Waals surface area contributed by atoms with Gasteiger partial charge in [0.2, 0.25) is 15.9 Å². The Balaban J connectivity index is 1.43. The number of para-hydroxylation sites is 1. The molecule has 172 valence electrons. The average Bonchev–Trinajstić information content (AvgIpc) is 3.26. The lowest BCUT2D eigenvalue weighted by Gasteiger charge is -2.23. The summed E-state index contributed by atoms with van der Waals surface area (Å²) in [6.45, 7) is 1.61. The van der Waals surface area contributed by atoms with Crippen molar-refractivity contribution in [2.24, 2.45) is 0 Å². The molecule has 0 saturated heterocycles. The van der Waals surface area contributed by atoms with Crippen LogP contribution in [-0.2, 0) is 27.7 Å². The fraction of sp³-hybridized carbons (Fsp3) is 0.269. The van der Waals surface area contributed by atoms with E-state index in [4.69, 9.17) is 4.74 Å². The first-order chi connectivity index (χ1) is 15.8. The smallest absolute Gasteiger partial charge is 0.241 e. The number of nitrogens with zero attached hydrogens (tertiary/aromatic N) is 1. The zero-order chi connectivity index (χ0) is 23.4. The van der Waals surface area contributed by atoms with E-state index in [1.165, 1.54) is 11.1 Å². The zero-order valence-corrected chi connectivity index (χ0v) is 19.6. The van der Waals surface area contributed by atoms with E-state index < -0.39 is 10.0 Å². The second-order valence-corrected chi connectivity index (χ2v) is 10.3. The van der Waals surface area contributed by atoms with Gasteiger partial charge in [-0.3, -0.25) is 9.10 Å². The lowest BCUT2D eigenvalue weighted by atomic mass is 10.0. The number of hydrogen-bond acceptors (Lipinski definition) is 4. The summed E-state index contributed by atoms with van der Waals surface area (Å²) in [6.07, 6.45) is 4.43. The number of fused-ring (bicyclic) bond motifs is 1. The van der Waals surface area contributed by atoms with Crippen LogP contribution < -0.4 is 14.4 Å². The first-order valence-electron chi connectivity index (χ1n) is 11.0. The van der Waals surface area contributed by atoms with Gasteiger partial charge in [-0.15, -0.1) is 0 Å². The van der Waals surface area contributed by atoms with Crippen molar-refractivity contribution >= 4 is 21.6 Å². The van der Waals surface area contributed by atoms with Crippen molar-refractivity contribution < 1.29 is 17.9 Å². The van der Waals surface area contributed by atoms with Gasteiger partial charge in [0.25, 0.3) is 0 Å². The minimum absolute atomic E-state index is 0.216. The summed E-state index contributed by atoms with van der Waals surface area (Å²) >= 11 is 0. The standard InChI is InChI=1S/C26H28N2O4S/c1-19(21-12-11-20-7-6-8-22(20)17-21)27-26(29)18-28(33(2,30)31)23-13-15-25(16-14-23)32-24-9-4-3-5-10-24/h3-5,9-17,19H,6-8,18H2,1-2H3,(H,27,29)/t19-/m1/s1. The Morgan fingerprint density at radius 1 is 0.970 bits per heavy atom. The maximum Gasteiger partial charge on any atom is 0.241 e. The van der Waals surface area contributed by atoms with Crippen molar-refractivity contribution in [2.45, 2.75) is 32.2 Å². The molecule has 0 radical (unpaired) electrons. The second kappa shape index (κ2) is 9.67. The Labute approximate surface area is 195 Å². The highest BCUT2D eigenvalue weighted by molar-refractivity contribution is 7.92. The van der Waals surface area contributed by atoms with Crippen molar-refractivity contribution in [1.82, 2.24) is 5.32 Å². The zero-order valence-electron chi connectivity index (χ0n) is 18.8. The summed E-state index contributed by atoms with van der Waals surface area (Å²) in [5, 5.41) is 2.93. The van der Waals surface area contributed by atoms with Gasteiger partial charge in [-0.2, -0.15) is 0 Å². The largest absolute Gasteiger partial charge is 0.457 e. The molecular weight excluding hydrogens is 436 g/mol. The number of carbonyl (C=O) groups is 1. The van der Waals surface area contributed by atoms with E-state index in [0.717, 1.165) is 35.4 Å². The Bertz CT molecular complexity index is 1220. The van der Waals surface area contributed by atoms with Gasteiger partial charge >= 0.3 is 0 Å². The van der Waals surface area contributed by atoms with Crippen molar-refractivity contribution in [1.29, 1.82) is 0 Å². The van der Waals surface area contributed by atoms with Gasteiger partial charge in [-0.25, -0.2) is 8.42 Å². The quantitative estimate of drug-likeness (QED) is 0.528. The molecule has 0 fully saturated rings. The fourth-order valence-corrected chi connectivity index (χ4v) is 4.92. The molecule has 1 amide bonds. The van der Waals surface area contributed by atoms with Crippen LogP contribution in [0.25, 0.3) is 0 Å². The predicted octanol–water partition coefficient (Wildman–Crippen LogP) is 4.61. The number of rotatable bonds is 8. The Morgan fingerprint density at radius 3 is 2.33 bits per heavy atom. The van der Waals surface area contributed by atoms with Gasteiger partial charge in [0.1, 0.15) is 18.0 Å². The second-order valence-electron chi connectivity index (χ2n) is 8.35. The molecule has 3 aromatic rings. The number of amides is 1. The van der Waals surface area contributed by atoms with E-state index in [9.17, 15) is 13.2 Å². The maximum absolute atomic E-state index is 12.8. The number of benzene rings is 3. The molecule has 0 spiro atoms. The number of anilines is 1. The third kappa shape index (κ3) is 5.73. The number of hydrogen-bond donors (Lipinski definition) is 1. The van der Waals surface area contributed by atoms with E-state index in [2.05, 4.69) is 17.4 Å². The van der Waals surface area contributed by atoms with Crippen LogP contribution in [0.5, 0.6) is 11.5 Å². The monoisotopic (exact) mass is 464 g/mol. The molecule has 6 nitrogen and oxygen atoms in total. The number of nitrogens with one attached hydrogen (secondary N) is 1. The molecule has 0 aliphatic heterocycles. The van der Waals surface area contributed by atoms with Crippen LogP contribution in [0.4, 0.5) is 5.69 Å². The molecule has 1 N–H and O–H groups in total. The average molecular weight is 465 g/mol. The Hall–Kier alpha value is -3.32. The normalized spacial score (nSPS) is 13.8. The van der Waals surface area contributed by atoms with Gasteiger partial charge < -0.3 is 10.1 Å². The van der Waals surface area contributed by atoms with Crippen LogP contribution in [0.2, 0.25) is 0 Å². The Kier molecular flexibility index (Phi) is 6.70. The minimum atomic E-state index is -3.66. The molecule has 0 heterocycles. The van der Waals surface area contributed by atoms with Crippen molar-refractivity contribution in [3.8, 4) is 11.5 Å². The van der Waals surface area contributed by atoms with Crippen LogP contribution >= 0.6 is 0 Å². The number of carbonyl (C=O) groups excluding carboxylic acids is 1. The van der Waals surface area contributed by atoms with Crippen molar-refractivity contribution in [3.05, 3.63) is 89.5 Å². The molecule has 1 aliphatic rings. The molecule has 0 saturated carbocycles. The minimum Gasteiger partial charge on any atom is -0.457 e. The van der Waals surface area contributed by atoms with E-state index in [0.29, 0.717) is 17.2 Å². The van der Waals surface area contributed by atoms with Gasteiger partial charge in [-0.1, -0.05) is 36.4 Å². The molecule has 0 unspecified atom stereocenters. The Morgan fingerprint density at radius 2 is 1.64 bits per heavy atom. The molecule has 0 aromatic heterocycles. The van der Waals surface area contributed by atoms with Gasteiger partial charge in [0, 0.05) is 0 Å². The van der Waals surface area contributed by atoms with Gasteiger partial charge in [0.15, 0.2) is 0 Å². The fourth-order valence-electron chi connectivity index (χ4n) is 4.07. The predicted molar refractivity (Wildman–Crippen MR) is 130 cm³/mol. The highest BCUT2D eigenvalue weighted by Gasteiger charge is 2.22.